The molecule has 1 fully saturated rings. The molecule has 0 aliphatic carbocycles. The van der Waals surface area contributed by atoms with Gasteiger partial charge < -0.3 is 15.0 Å². The average molecular weight is 426 g/mol. The second-order valence-corrected chi connectivity index (χ2v) is 8.04. The highest BCUT2D eigenvalue weighted by Crippen LogP contribution is 2.32. The molecule has 0 saturated carbocycles. The molecule has 1 saturated heterocycles. The van der Waals surface area contributed by atoms with Gasteiger partial charge in [0.1, 0.15) is 16.5 Å². The maximum atomic E-state index is 12.9. The second-order valence-electron chi connectivity index (χ2n) is 7.18. The molecule has 0 spiro atoms. The van der Waals surface area contributed by atoms with E-state index in [1.165, 1.54) is 11.3 Å². The molecule has 8 nitrogen and oxygen atoms in total. The summed E-state index contributed by atoms with van der Waals surface area (Å²) in [5, 5.41) is 9.60. The van der Waals surface area contributed by atoms with Crippen molar-refractivity contribution in [2.24, 2.45) is 7.05 Å². The van der Waals surface area contributed by atoms with Gasteiger partial charge in [-0.3, -0.25) is 14.3 Å². The number of benzene rings is 1. The van der Waals surface area contributed by atoms with E-state index in [-0.39, 0.29) is 17.9 Å². The van der Waals surface area contributed by atoms with Crippen molar-refractivity contribution >= 4 is 23.2 Å². The summed E-state index contributed by atoms with van der Waals surface area (Å²) >= 11 is 1.43. The highest BCUT2D eigenvalue weighted by atomic mass is 32.1. The number of amides is 2. The zero-order valence-electron chi connectivity index (χ0n) is 16.9. The van der Waals surface area contributed by atoms with E-state index in [9.17, 15) is 9.59 Å². The van der Waals surface area contributed by atoms with Gasteiger partial charge in [0.15, 0.2) is 0 Å². The molecule has 1 aromatic carbocycles. The lowest BCUT2D eigenvalue weighted by Crippen LogP contribution is -2.46. The molecule has 156 valence electrons. The number of likely N-dealkylation sites (tertiary alicyclic amines) is 1. The number of methoxy groups -OCH3 is 1. The molecule has 9 heteroatoms. The molecule has 3 aromatic rings. The largest absolute Gasteiger partial charge is 0.496 e. The number of ether oxygens (including phenoxy) is 1. The summed E-state index contributed by atoms with van der Waals surface area (Å²) in [6.07, 6.45) is 4.66. The van der Waals surface area contributed by atoms with E-state index in [1.54, 1.807) is 41.5 Å². The summed E-state index contributed by atoms with van der Waals surface area (Å²) in [6, 6.07) is 7.68. The minimum Gasteiger partial charge on any atom is -0.496 e. The molecular formula is C21H23N5O3S. The lowest BCUT2D eigenvalue weighted by molar-refractivity contribution is 0.0693. The number of aromatic nitrogens is 3. The lowest BCUT2D eigenvalue weighted by Gasteiger charge is -2.31. The highest BCUT2D eigenvalue weighted by Gasteiger charge is 2.26. The van der Waals surface area contributed by atoms with Crippen molar-refractivity contribution in [3.05, 3.63) is 53.3 Å². The topological polar surface area (TPSA) is 89.3 Å². The van der Waals surface area contributed by atoms with Crippen LogP contribution in [0.3, 0.4) is 0 Å². The van der Waals surface area contributed by atoms with Crippen LogP contribution in [-0.2, 0) is 7.05 Å². The molecule has 0 radical (unpaired) electrons. The number of thiazole rings is 1. The number of hydrogen-bond donors (Lipinski definition) is 1. The Bertz CT molecular complexity index is 1050. The van der Waals surface area contributed by atoms with E-state index in [2.05, 4.69) is 15.4 Å². The number of nitrogens with zero attached hydrogens (tertiary/aromatic N) is 4. The fourth-order valence-electron chi connectivity index (χ4n) is 3.51. The van der Waals surface area contributed by atoms with Crippen molar-refractivity contribution in [1.82, 2.24) is 25.0 Å². The van der Waals surface area contributed by atoms with Gasteiger partial charge in [0.2, 0.25) is 0 Å². The Morgan fingerprint density at radius 1 is 1.23 bits per heavy atom. The predicted octanol–water partition coefficient (Wildman–Crippen LogP) is 2.59. The number of para-hydroxylation sites is 1. The first-order valence-electron chi connectivity index (χ1n) is 9.73. The van der Waals surface area contributed by atoms with Gasteiger partial charge in [-0.2, -0.15) is 5.10 Å². The van der Waals surface area contributed by atoms with Crippen LogP contribution in [0.25, 0.3) is 10.6 Å². The average Bonchev–Trinajstić information content (AvgIpc) is 3.43. The zero-order valence-corrected chi connectivity index (χ0v) is 17.7. The van der Waals surface area contributed by atoms with Gasteiger partial charge >= 0.3 is 0 Å². The Labute approximate surface area is 178 Å². The van der Waals surface area contributed by atoms with E-state index in [0.717, 1.165) is 16.3 Å². The molecule has 1 aliphatic rings. The lowest BCUT2D eigenvalue weighted by atomic mass is 10.0. The Balaban J connectivity index is 1.36. The number of hydrogen-bond acceptors (Lipinski definition) is 6. The summed E-state index contributed by atoms with van der Waals surface area (Å²) < 4.78 is 6.99. The van der Waals surface area contributed by atoms with Crippen molar-refractivity contribution in [3.8, 4) is 16.3 Å². The van der Waals surface area contributed by atoms with Crippen molar-refractivity contribution < 1.29 is 14.3 Å². The number of carbonyl (C=O) groups excluding carboxylic acids is 2. The Morgan fingerprint density at radius 3 is 2.70 bits per heavy atom. The smallest absolute Gasteiger partial charge is 0.273 e. The van der Waals surface area contributed by atoms with Crippen LogP contribution in [-0.4, -0.2) is 57.7 Å². The van der Waals surface area contributed by atoms with Gasteiger partial charge in [-0.25, -0.2) is 4.98 Å². The van der Waals surface area contributed by atoms with Crippen LogP contribution < -0.4 is 10.1 Å². The summed E-state index contributed by atoms with van der Waals surface area (Å²) in [6.45, 7) is 1.16. The summed E-state index contributed by atoms with van der Waals surface area (Å²) in [7, 11) is 3.40. The normalized spacial score (nSPS) is 14.5. The first-order chi connectivity index (χ1) is 14.5. The minimum atomic E-state index is -0.131. The fraction of sp³-hybridized carbons (Fsp3) is 0.333. The molecule has 0 unspecified atom stereocenters. The molecule has 0 atom stereocenters. The third-order valence-corrected chi connectivity index (χ3v) is 6.02. The summed E-state index contributed by atoms with van der Waals surface area (Å²) in [5.74, 6) is 0.522. The van der Waals surface area contributed by atoms with Crippen LogP contribution in [0, 0.1) is 0 Å². The Kier molecular flexibility index (Phi) is 5.80. The van der Waals surface area contributed by atoms with Gasteiger partial charge in [-0.15, -0.1) is 11.3 Å². The van der Waals surface area contributed by atoms with E-state index < -0.39 is 0 Å². The maximum Gasteiger partial charge on any atom is 0.273 e. The van der Waals surface area contributed by atoms with E-state index in [0.29, 0.717) is 37.2 Å². The molecule has 30 heavy (non-hydrogen) atoms. The number of aryl methyl sites for hydroxylation is 1. The predicted molar refractivity (Wildman–Crippen MR) is 114 cm³/mol. The number of piperidine rings is 1. The summed E-state index contributed by atoms with van der Waals surface area (Å²) in [4.78, 5) is 31.5. The van der Waals surface area contributed by atoms with Gasteiger partial charge in [0, 0.05) is 37.8 Å². The summed E-state index contributed by atoms with van der Waals surface area (Å²) in [5.41, 5.74) is 1.86. The van der Waals surface area contributed by atoms with Crippen LogP contribution in [0.4, 0.5) is 0 Å². The highest BCUT2D eigenvalue weighted by molar-refractivity contribution is 7.13. The second kappa shape index (κ2) is 8.66. The van der Waals surface area contributed by atoms with Crippen LogP contribution >= 0.6 is 11.3 Å². The number of nitrogens with one attached hydrogen (secondary N) is 1. The monoisotopic (exact) mass is 425 g/mol. The van der Waals surface area contributed by atoms with E-state index in [1.807, 2.05) is 24.3 Å². The third kappa shape index (κ3) is 4.20. The fourth-order valence-corrected chi connectivity index (χ4v) is 4.34. The maximum absolute atomic E-state index is 12.9. The first-order valence-corrected chi connectivity index (χ1v) is 10.6. The molecule has 1 N–H and O–H groups in total. The number of carbonyl (C=O) groups is 2. The van der Waals surface area contributed by atoms with Crippen LogP contribution in [0.15, 0.2) is 42.0 Å². The Morgan fingerprint density at radius 2 is 2.00 bits per heavy atom. The molecule has 2 aromatic heterocycles. The van der Waals surface area contributed by atoms with Crippen molar-refractivity contribution in [1.29, 1.82) is 0 Å². The van der Waals surface area contributed by atoms with Gasteiger partial charge in [0.25, 0.3) is 11.8 Å². The molecule has 4 rings (SSSR count). The van der Waals surface area contributed by atoms with Crippen LogP contribution in [0.1, 0.15) is 33.7 Å². The van der Waals surface area contributed by atoms with Crippen molar-refractivity contribution in [2.75, 3.05) is 20.2 Å². The van der Waals surface area contributed by atoms with Crippen LogP contribution in [0.2, 0.25) is 0 Å². The molecule has 1 aliphatic heterocycles. The van der Waals surface area contributed by atoms with E-state index >= 15 is 0 Å². The van der Waals surface area contributed by atoms with E-state index in [4.69, 9.17) is 4.74 Å². The number of rotatable bonds is 5. The van der Waals surface area contributed by atoms with Gasteiger partial charge in [0.05, 0.1) is 24.4 Å². The zero-order chi connectivity index (χ0) is 21.1. The quantitative estimate of drug-likeness (QED) is 0.679. The first kappa shape index (κ1) is 20.1. The van der Waals surface area contributed by atoms with Crippen molar-refractivity contribution in [3.63, 3.8) is 0 Å². The molecule has 2 amide bonds. The standard InChI is InChI=1S/C21H23N5O3S/c1-25-12-14(11-22-25)19(27)23-15-7-9-26(10-8-15)21(28)17-13-30-20(24-17)16-5-3-4-6-18(16)29-2/h3-6,11-13,15H,7-10H2,1-2H3,(H,23,27). The van der Waals surface area contributed by atoms with Gasteiger partial charge in [-0.1, -0.05) is 12.1 Å². The molecular weight excluding hydrogens is 402 g/mol. The SMILES string of the molecule is COc1ccccc1-c1nc(C(=O)N2CCC(NC(=O)c3cnn(C)c3)CC2)cs1. The van der Waals surface area contributed by atoms with Gasteiger partial charge in [-0.05, 0) is 25.0 Å². The molecule has 0 bridgehead atoms. The molecule has 3 heterocycles. The van der Waals surface area contributed by atoms with Crippen LogP contribution in [0.5, 0.6) is 5.75 Å². The minimum absolute atomic E-state index is 0.0429. The third-order valence-electron chi connectivity index (χ3n) is 5.15. The Hall–Kier alpha value is -3.20. The van der Waals surface area contributed by atoms with Crippen molar-refractivity contribution in [2.45, 2.75) is 18.9 Å².